The first-order chi connectivity index (χ1) is 6.34. The van der Waals surface area contributed by atoms with Crippen LogP contribution in [-0.2, 0) is 4.84 Å². The van der Waals surface area contributed by atoms with E-state index in [0.717, 1.165) is 11.3 Å². The maximum absolute atomic E-state index is 4.91. The van der Waals surface area contributed by atoms with E-state index in [1.165, 1.54) is 6.33 Å². The molecule has 0 atom stereocenters. The van der Waals surface area contributed by atoms with Crippen LogP contribution >= 0.6 is 0 Å². The van der Waals surface area contributed by atoms with Crippen molar-refractivity contribution in [1.82, 2.24) is 9.97 Å². The van der Waals surface area contributed by atoms with Crippen LogP contribution in [0.3, 0.4) is 0 Å². The Morgan fingerprint density at radius 1 is 1.62 bits per heavy atom. The molecule has 0 N–H and O–H groups in total. The highest BCUT2D eigenvalue weighted by Crippen LogP contribution is 1.96. The van der Waals surface area contributed by atoms with E-state index >= 15 is 0 Å². The van der Waals surface area contributed by atoms with E-state index in [-0.39, 0.29) is 0 Å². The van der Waals surface area contributed by atoms with Crippen LogP contribution in [0.25, 0.3) is 0 Å². The zero-order valence-corrected chi connectivity index (χ0v) is 7.47. The second kappa shape index (κ2) is 5.03. The molecule has 0 aliphatic rings. The molecule has 0 aliphatic carbocycles. The predicted molar refractivity (Wildman–Crippen MR) is 50.4 cm³/mol. The summed E-state index contributed by atoms with van der Waals surface area (Å²) in [5.41, 5.74) is 1.61. The molecule has 0 saturated heterocycles. The number of aromatic nitrogens is 2. The summed E-state index contributed by atoms with van der Waals surface area (Å²) in [5, 5.41) is 3.85. The van der Waals surface area contributed by atoms with Gasteiger partial charge < -0.3 is 4.84 Å². The number of hydrogen-bond donors (Lipinski definition) is 0. The van der Waals surface area contributed by atoms with Gasteiger partial charge in [0.15, 0.2) is 0 Å². The molecular weight excluding hydrogens is 166 g/mol. The fourth-order valence-corrected chi connectivity index (χ4v) is 0.725. The minimum Gasteiger partial charge on any atom is -0.391 e. The van der Waals surface area contributed by atoms with Crippen molar-refractivity contribution in [2.24, 2.45) is 5.16 Å². The van der Waals surface area contributed by atoms with Gasteiger partial charge in [0.25, 0.3) is 0 Å². The first kappa shape index (κ1) is 9.38. The van der Waals surface area contributed by atoms with Crippen molar-refractivity contribution in [3.05, 3.63) is 36.9 Å². The molecule has 4 heteroatoms. The molecule has 0 aliphatic heterocycles. The van der Waals surface area contributed by atoms with Crippen LogP contribution in [0.15, 0.2) is 36.5 Å². The van der Waals surface area contributed by atoms with Gasteiger partial charge in [-0.2, -0.15) is 0 Å². The largest absolute Gasteiger partial charge is 0.391 e. The van der Waals surface area contributed by atoms with Gasteiger partial charge in [0.2, 0.25) is 0 Å². The van der Waals surface area contributed by atoms with E-state index in [2.05, 4.69) is 21.7 Å². The summed E-state index contributed by atoms with van der Waals surface area (Å²) < 4.78 is 0. The van der Waals surface area contributed by atoms with Crippen LogP contribution < -0.4 is 0 Å². The lowest BCUT2D eigenvalue weighted by atomic mass is 10.2. The SMILES string of the molecule is C=CCO/N=C(\C)c1cncnc1. The topological polar surface area (TPSA) is 47.4 Å². The first-order valence-corrected chi connectivity index (χ1v) is 3.87. The predicted octanol–water partition coefficient (Wildman–Crippen LogP) is 1.40. The van der Waals surface area contributed by atoms with Crippen molar-refractivity contribution >= 4 is 5.71 Å². The zero-order valence-electron chi connectivity index (χ0n) is 7.47. The third-order valence-electron chi connectivity index (χ3n) is 1.37. The Kier molecular flexibility index (Phi) is 3.63. The quantitative estimate of drug-likeness (QED) is 0.302. The zero-order chi connectivity index (χ0) is 9.52. The Balaban J connectivity index is 2.62. The third-order valence-corrected chi connectivity index (χ3v) is 1.37. The van der Waals surface area contributed by atoms with E-state index in [1.807, 2.05) is 6.92 Å². The average molecular weight is 177 g/mol. The summed E-state index contributed by atoms with van der Waals surface area (Å²) in [4.78, 5) is 12.6. The molecule has 13 heavy (non-hydrogen) atoms. The smallest absolute Gasteiger partial charge is 0.135 e. The Bertz CT molecular complexity index is 295. The van der Waals surface area contributed by atoms with E-state index < -0.39 is 0 Å². The summed E-state index contributed by atoms with van der Waals surface area (Å²) >= 11 is 0. The molecule has 1 rings (SSSR count). The molecule has 0 unspecified atom stereocenters. The number of nitrogens with zero attached hydrogens (tertiary/aromatic N) is 3. The highest BCUT2D eigenvalue weighted by Gasteiger charge is 1.96. The fraction of sp³-hybridized carbons (Fsp3) is 0.222. The van der Waals surface area contributed by atoms with Gasteiger partial charge in [-0.15, -0.1) is 0 Å². The molecule has 68 valence electrons. The molecule has 1 heterocycles. The summed E-state index contributed by atoms with van der Waals surface area (Å²) in [6, 6.07) is 0. The molecular formula is C9H11N3O. The molecule has 0 radical (unpaired) electrons. The fourth-order valence-electron chi connectivity index (χ4n) is 0.725. The lowest BCUT2D eigenvalue weighted by Crippen LogP contribution is -1.97. The van der Waals surface area contributed by atoms with Gasteiger partial charge in [0.1, 0.15) is 12.9 Å². The highest BCUT2D eigenvalue weighted by atomic mass is 16.6. The van der Waals surface area contributed by atoms with Crippen molar-refractivity contribution in [2.75, 3.05) is 6.61 Å². The second-order valence-electron chi connectivity index (χ2n) is 2.39. The van der Waals surface area contributed by atoms with Crippen molar-refractivity contribution in [2.45, 2.75) is 6.92 Å². The number of hydrogen-bond acceptors (Lipinski definition) is 4. The second-order valence-corrected chi connectivity index (χ2v) is 2.39. The van der Waals surface area contributed by atoms with Crippen LogP contribution in [0.5, 0.6) is 0 Å². The normalized spacial score (nSPS) is 11.0. The summed E-state index contributed by atoms with van der Waals surface area (Å²) in [6.07, 6.45) is 6.48. The Morgan fingerprint density at radius 2 is 2.31 bits per heavy atom. The van der Waals surface area contributed by atoms with Crippen LogP contribution in [0.2, 0.25) is 0 Å². The van der Waals surface area contributed by atoms with Crippen LogP contribution in [0.1, 0.15) is 12.5 Å². The van der Waals surface area contributed by atoms with Crippen LogP contribution in [0, 0.1) is 0 Å². The van der Waals surface area contributed by atoms with Crippen molar-refractivity contribution in [3.8, 4) is 0 Å². The molecule has 1 aromatic rings. The molecule has 1 aromatic heterocycles. The lowest BCUT2D eigenvalue weighted by molar-refractivity contribution is 0.175. The van der Waals surface area contributed by atoms with Gasteiger partial charge in [-0.3, -0.25) is 0 Å². The maximum atomic E-state index is 4.91. The van der Waals surface area contributed by atoms with E-state index in [0.29, 0.717) is 6.61 Å². The Hall–Kier alpha value is -1.71. The van der Waals surface area contributed by atoms with E-state index in [1.54, 1.807) is 18.5 Å². The highest BCUT2D eigenvalue weighted by molar-refractivity contribution is 5.97. The van der Waals surface area contributed by atoms with Crippen LogP contribution in [0.4, 0.5) is 0 Å². The average Bonchev–Trinajstić information content (AvgIpc) is 2.19. The van der Waals surface area contributed by atoms with Crippen LogP contribution in [-0.4, -0.2) is 22.3 Å². The minimum atomic E-state index is 0.408. The van der Waals surface area contributed by atoms with Gasteiger partial charge in [0.05, 0.1) is 5.71 Å². The third kappa shape index (κ3) is 3.02. The van der Waals surface area contributed by atoms with Crippen molar-refractivity contribution in [3.63, 3.8) is 0 Å². The van der Waals surface area contributed by atoms with E-state index in [4.69, 9.17) is 4.84 Å². The Morgan fingerprint density at radius 3 is 2.92 bits per heavy atom. The Labute approximate surface area is 77.0 Å². The van der Waals surface area contributed by atoms with Crippen molar-refractivity contribution < 1.29 is 4.84 Å². The van der Waals surface area contributed by atoms with Gasteiger partial charge in [-0.05, 0) is 6.92 Å². The van der Waals surface area contributed by atoms with E-state index in [9.17, 15) is 0 Å². The lowest BCUT2D eigenvalue weighted by Gasteiger charge is -1.98. The van der Waals surface area contributed by atoms with Crippen molar-refractivity contribution in [1.29, 1.82) is 0 Å². The monoisotopic (exact) mass is 177 g/mol. The van der Waals surface area contributed by atoms with Gasteiger partial charge in [-0.1, -0.05) is 17.8 Å². The molecule has 0 spiro atoms. The first-order valence-electron chi connectivity index (χ1n) is 3.87. The molecule has 4 nitrogen and oxygen atoms in total. The summed E-state index contributed by atoms with van der Waals surface area (Å²) in [6.45, 7) is 5.75. The van der Waals surface area contributed by atoms with Gasteiger partial charge >= 0.3 is 0 Å². The standard InChI is InChI=1S/C9H11N3O/c1-3-4-13-12-8(2)9-5-10-7-11-6-9/h3,5-7H,1,4H2,2H3/b12-8+. The minimum absolute atomic E-state index is 0.408. The number of rotatable bonds is 4. The summed E-state index contributed by atoms with van der Waals surface area (Å²) in [5.74, 6) is 0. The maximum Gasteiger partial charge on any atom is 0.135 e. The molecule has 0 bridgehead atoms. The molecule has 0 saturated carbocycles. The number of oxime groups is 1. The molecule has 0 amide bonds. The summed E-state index contributed by atoms with van der Waals surface area (Å²) in [7, 11) is 0. The molecule has 0 aromatic carbocycles. The molecule has 0 fully saturated rings. The van der Waals surface area contributed by atoms with Gasteiger partial charge in [0, 0.05) is 18.0 Å². The van der Waals surface area contributed by atoms with Gasteiger partial charge in [-0.25, -0.2) is 9.97 Å².